The summed E-state index contributed by atoms with van der Waals surface area (Å²) in [5, 5.41) is 11.7. The second kappa shape index (κ2) is 8.89. The Morgan fingerprint density at radius 2 is 2.07 bits per heavy atom. The Labute approximate surface area is 185 Å². The largest absolute Gasteiger partial charge is 0.353 e. The second-order valence-corrected chi connectivity index (χ2v) is 7.96. The topological polar surface area (TPSA) is 67.1 Å². The lowest BCUT2D eigenvalue weighted by Crippen LogP contribution is -2.43. The summed E-state index contributed by atoms with van der Waals surface area (Å²) in [4.78, 5) is 9.26. The van der Waals surface area contributed by atoms with Crippen LogP contribution in [0.5, 0.6) is 0 Å². The van der Waals surface area contributed by atoms with E-state index in [1.165, 1.54) is 5.56 Å². The summed E-state index contributed by atoms with van der Waals surface area (Å²) in [5.74, 6) is 3.31. The van der Waals surface area contributed by atoms with Gasteiger partial charge < -0.3 is 10.6 Å². The molecule has 3 unspecified atom stereocenters. The first-order valence-electron chi connectivity index (χ1n) is 9.38. The minimum Gasteiger partial charge on any atom is -0.353 e. The Balaban J connectivity index is 0.00000210. The summed E-state index contributed by atoms with van der Waals surface area (Å²) in [7, 11) is 0. The van der Waals surface area contributed by atoms with Crippen molar-refractivity contribution in [2.24, 2.45) is 4.99 Å². The van der Waals surface area contributed by atoms with E-state index in [9.17, 15) is 0 Å². The van der Waals surface area contributed by atoms with Crippen molar-refractivity contribution in [1.29, 1.82) is 0 Å². The summed E-state index contributed by atoms with van der Waals surface area (Å²) in [5.41, 5.74) is 1.38. The minimum atomic E-state index is 0. The monoisotopic (exact) mass is 544 g/mol. The lowest BCUT2D eigenvalue weighted by molar-refractivity contribution is 0.397. The molecule has 2 aliphatic rings. The third kappa shape index (κ3) is 4.82. The molecule has 8 heteroatoms. The molecule has 0 saturated heterocycles. The van der Waals surface area contributed by atoms with E-state index in [0.29, 0.717) is 12.0 Å². The van der Waals surface area contributed by atoms with Crippen molar-refractivity contribution in [1.82, 2.24) is 25.4 Å². The molecule has 2 N–H and O–H groups in total. The summed E-state index contributed by atoms with van der Waals surface area (Å²) < 4.78 is 3.15. The third-order valence-corrected chi connectivity index (χ3v) is 5.55. The van der Waals surface area contributed by atoms with Crippen molar-refractivity contribution in [2.45, 2.75) is 57.7 Å². The smallest absolute Gasteiger partial charge is 0.192 e. The molecule has 1 aliphatic heterocycles. The molecule has 0 radical (unpaired) electrons. The molecule has 0 spiro atoms. The van der Waals surface area contributed by atoms with Crippen LogP contribution in [0.3, 0.4) is 0 Å². The van der Waals surface area contributed by atoms with Gasteiger partial charge in [0.1, 0.15) is 11.6 Å². The van der Waals surface area contributed by atoms with E-state index in [1.54, 1.807) is 0 Å². The summed E-state index contributed by atoms with van der Waals surface area (Å²) in [6.07, 6.45) is 3.31. The van der Waals surface area contributed by atoms with Crippen LogP contribution in [0.1, 0.15) is 55.4 Å². The van der Waals surface area contributed by atoms with E-state index in [1.807, 2.05) is 11.6 Å². The van der Waals surface area contributed by atoms with Crippen molar-refractivity contribution in [3.8, 4) is 0 Å². The van der Waals surface area contributed by atoms with Crippen LogP contribution in [0.15, 0.2) is 33.7 Å². The van der Waals surface area contributed by atoms with Crippen LogP contribution in [-0.2, 0) is 6.54 Å². The van der Waals surface area contributed by atoms with Gasteiger partial charge >= 0.3 is 0 Å². The molecule has 2 heterocycles. The van der Waals surface area contributed by atoms with Crippen molar-refractivity contribution >= 4 is 45.9 Å². The quantitative estimate of drug-likeness (QED) is 0.348. The Morgan fingerprint density at radius 3 is 2.81 bits per heavy atom. The first kappa shape index (κ1) is 20.6. The van der Waals surface area contributed by atoms with Crippen LogP contribution in [0.2, 0.25) is 0 Å². The first-order valence-corrected chi connectivity index (χ1v) is 10.2. The molecule has 146 valence electrons. The van der Waals surface area contributed by atoms with Gasteiger partial charge in [0, 0.05) is 29.5 Å². The van der Waals surface area contributed by atoms with Crippen molar-refractivity contribution < 1.29 is 0 Å². The molecule has 3 atom stereocenters. The van der Waals surface area contributed by atoms with Gasteiger partial charge in [-0.15, -0.1) is 24.0 Å². The highest BCUT2D eigenvalue weighted by molar-refractivity contribution is 14.0. The molecule has 1 aromatic carbocycles. The van der Waals surface area contributed by atoms with Gasteiger partial charge in [-0.3, -0.25) is 4.99 Å². The predicted molar refractivity (Wildman–Crippen MR) is 122 cm³/mol. The lowest BCUT2D eigenvalue weighted by atomic mass is 10.1. The third-order valence-electron chi connectivity index (χ3n) is 5.02. The zero-order valence-electron chi connectivity index (χ0n) is 15.7. The molecular formula is C19H26BrIN6. The van der Waals surface area contributed by atoms with Gasteiger partial charge in [0.2, 0.25) is 0 Å². The van der Waals surface area contributed by atoms with Crippen LogP contribution < -0.4 is 10.6 Å². The summed E-state index contributed by atoms with van der Waals surface area (Å²) in [6.45, 7) is 5.73. The number of aryl methyl sites for hydroxylation is 2. The maximum Gasteiger partial charge on any atom is 0.192 e. The van der Waals surface area contributed by atoms with Crippen LogP contribution in [0.4, 0.5) is 0 Å². The van der Waals surface area contributed by atoms with Crippen LogP contribution in [-0.4, -0.2) is 33.3 Å². The Bertz CT molecular complexity index is 803. The number of rotatable bonds is 4. The Kier molecular flexibility index (Phi) is 6.78. The van der Waals surface area contributed by atoms with E-state index in [-0.39, 0.29) is 30.0 Å². The number of hydrogen-bond donors (Lipinski definition) is 2. The molecule has 4 rings (SSSR count). The van der Waals surface area contributed by atoms with Gasteiger partial charge in [-0.2, -0.15) is 5.10 Å². The number of fused-ring (bicyclic) bond motifs is 1. The van der Waals surface area contributed by atoms with E-state index >= 15 is 0 Å². The summed E-state index contributed by atoms with van der Waals surface area (Å²) in [6, 6.07) is 9.24. The van der Waals surface area contributed by atoms with Gasteiger partial charge in [-0.05, 0) is 50.8 Å². The van der Waals surface area contributed by atoms with Crippen molar-refractivity contribution in [3.05, 3.63) is 46.0 Å². The maximum atomic E-state index is 4.65. The molecule has 2 aromatic rings. The molecule has 27 heavy (non-hydrogen) atoms. The molecule has 1 fully saturated rings. The molecule has 1 aromatic heterocycles. The van der Waals surface area contributed by atoms with Crippen molar-refractivity contribution in [3.63, 3.8) is 0 Å². The predicted octanol–water partition coefficient (Wildman–Crippen LogP) is 3.91. The van der Waals surface area contributed by atoms with Gasteiger partial charge in [0.15, 0.2) is 5.96 Å². The number of hydrogen-bond acceptors (Lipinski definition) is 3. The van der Waals surface area contributed by atoms with E-state index in [2.05, 4.69) is 72.8 Å². The maximum absolute atomic E-state index is 4.65. The van der Waals surface area contributed by atoms with Crippen molar-refractivity contribution in [2.75, 3.05) is 6.54 Å². The number of nitrogens with zero attached hydrogens (tertiary/aromatic N) is 4. The molecule has 6 nitrogen and oxygen atoms in total. The first-order chi connectivity index (χ1) is 12.6. The average Bonchev–Trinajstić information content (AvgIpc) is 3.26. The van der Waals surface area contributed by atoms with Gasteiger partial charge in [-0.25, -0.2) is 9.67 Å². The minimum absolute atomic E-state index is 0. The fourth-order valence-electron chi connectivity index (χ4n) is 3.67. The fourth-order valence-corrected chi connectivity index (χ4v) is 3.93. The number of guanidine groups is 1. The van der Waals surface area contributed by atoms with Gasteiger partial charge in [0.25, 0.3) is 0 Å². The Morgan fingerprint density at radius 1 is 1.30 bits per heavy atom. The highest BCUT2D eigenvalue weighted by atomic mass is 127. The molecular weight excluding hydrogens is 519 g/mol. The van der Waals surface area contributed by atoms with Gasteiger partial charge in [0.05, 0.1) is 6.04 Å². The lowest BCUT2D eigenvalue weighted by Gasteiger charge is -2.25. The number of aromatic nitrogens is 3. The molecule has 0 bridgehead atoms. The highest BCUT2D eigenvalue weighted by Gasteiger charge is 2.39. The molecule has 0 amide bonds. The normalized spacial score (nSPS) is 24.0. The van der Waals surface area contributed by atoms with Crippen LogP contribution in [0, 0.1) is 6.92 Å². The number of benzene rings is 1. The Hall–Kier alpha value is -1.16. The average molecular weight is 545 g/mol. The van der Waals surface area contributed by atoms with E-state index < -0.39 is 0 Å². The number of nitrogens with one attached hydrogen (secondary N) is 2. The molecule has 1 aliphatic carbocycles. The zero-order valence-corrected chi connectivity index (χ0v) is 19.6. The SMILES string of the molecule is CCN=C(NC1CCCn2nc(C)nc21)NC1CC1c1ccc(Br)cc1.I. The molecule has 1 saturated carbocycles. The van der Waals surface area contributed by atoms with Crippen LogP contribution >= 0.6 is 39.9 Å². The fraction of sp³-hybridized carbons (Fsp3) is 0.526. The standard InChI is InChI=1S/C19H25BrN6.HI/c1-3-21-19(23-16-5-4-10-26-18(16)22-12(2)25-26)24-17-11-15(17)13-6-8-14(20)9-7-13;/h6-9,15-17H,3-5,10-11H2,1-2H3,(H2,21,23,24);1H. The highest BCUT2D eigenvalue weighted by Crippen LogP contribution is 2.41. The number of halogens is 2. The van der Waals surface area contributed by atoms with Gasteiger partial charge in [-0.1, -0.05) is 28.1 Å². The van der Waals surface area contributed by atoms with E-state index in [4.69, 9.17) is 0 Å². The number of aliphatic imine (C=N–C) groups is 1. The summed E-state index contributed by atoms with van der Waals surface area (Å²) >= 11 is 3.50. The van der Waals surface area contributed by atoms with Crippen LogP contribution in [0.25, 0.3) is 0 Å². The van der Waals surface area contributed by atoms with E-state index in [0.717, 1.165) is 54.4 Å². The second-order valence-electron chi connectivity index (χ2n) is 7.05. The zero-order chi connectivity index (χ0) is 18.1.